The van der Waals surface area contributed by atoms with Crippen molar-refractivity contribution in [1.82, 2.24) is 35.1 Å². The molecule has 1 spiro atoms. The lowest BCUT2D eigenvalue weighted by atomic mass is 9.63. The summed E-state index contributed by atoms with van der Waals surface area (Å²) in [6.07, 6.45) is 8.31. The minimum atomic E-state index is -0.478. The first-order valence-corrected chi connectivity index (χ1v) is 18.2. The van der Waals surface area contributed by atoms with E-state index in [2.05, 4.69) is 33.6 Å². The number of rotatable bonds is 8. The van der Waals surface area contributed by atoms with E-state index in [1.807, 2.05) is 6.92 Å². The standard InChI is InChI=1S/C35H41N9O5S/c1-19(30-24(46-3)9-13-43(30)2)48-27-16-26(44-14-8-23(41-44)34(45)38-20-10-15-47-18-20)39-33(40-27)29-21-6-4-11-35(31(21)49-42-29)12-5-7-25-28(35)22(17-36)32(37)50-25/h8,14,16,19-20,24,30H,4-7,9-13,15,18,37H2,1-3H3,(H,38,45)/t19-,20-,24-,30+,35-/m0/s1. The molecule has 4 aromatic rings. The Kier molecular flexibility index (Phi) is 8.58. The smallest absolute Gasteiger partial charge is 0.272 e. The van der Waals surface area contributed by atoms with E-state index in [0.717, 1.165) is 79.7 Å². The molecule has 5 atom stereocenters. The zero-order chi connectivity index (χ0) is 34.6. The highest BCUT2D eigenvalue weighted by Crippen LogP contribution is 2.55. The predicted octanol–water partition coefficient (Wildman–Crippen LogP) is 3.80. The summed E-state index contributed by atoms with van der Waals surface area (Å²) in [7, 11) is 3.80. The number of ether oxygens (including phenoxy) is 3. The summed E-state index contributed by atoms with van der Waals surface area (Å²) in [5, 5.41) is 22.9. The van der Waals surface area contributed by atoms with Gasteiger partial charge in [-0.15, -0.1) is 11.3 Å². The summed E-state index contributed by atoms with van der Waals surface area (Å²) in [6, 6.07) is 5.75. The minimum absolute atomic E-state index is 0.0222. The molecule has 15 heteroatoms. The number of nitriles is 1. The highest BCUT2D eigenvalue weighted by atomic mass is 32.1. The van der Waals surface area contributed by atoms with Crippen LogP contribution in [0.3, 0.4) is 0 Å². The van der Waals surface area contributed by atoms with E-state index in [1.165, 1.54) is 11.3 Å². The molecule has 1 amide bonds. The molecular formula is C35H41N9O5S. The molecule has 8 rings (SSSR count). The molecule has 0 aromatic carbocycles. The van der Waals surface area contributed by atoms with Crippen LogP contribution in [0.4, 0.5) is 5.00 Å². The Balaban J connectivity index is 1.19. The lowest BCUT2D eigenvalue weighted by molar-refractivity contribution is 0.0174. The Morgan fingerprint density at radius 3 is 2.88 bits per heavy atom. The number of nitrogen functional groups attached to an aromatic ring is 1. The van der Waals surface area contributed by atoms with Crippen molar-refractivity contribution in [3.05, 3.63) is 51.4 Å². The number of carbonyl (C=O) groups excluding carboxylic acids is 1. The molecule has 0 unspecified atom stereocenters. The van der Waals surface area contributed by atoms with Gasteiger partial charge in [0.2, 0.25) is 5.88 Å². The first kappa shape index (κ1) is 32.8. The third kappa shape index (κ3) is 5.54. The van der Waals surface area contributed by atoms with Crippen molar-refractivity contribution in [2.75, 3.05) is 39.6 Å². The van der Waals surface area contributed by atoms with Crippen molar-refractivity contribution in [1.29, 1.82) is 5.26 Å². The van der Waals surface area contributed by atoms with Crippen LogP contribution in [0.25, 0.3) is 17.3 Å². The number of aromatic nitrogens is 5. The number of nitrogens with one attached hydrogen (secondary N) is 1. The Morgan fingerprint density at radius 1 is 1.26 bits per heavy atom. The molecule has 6 heterocycles. The molecule has 50 heavy (non-hydrogen) atoms. The summed E-state index contributed by atoms with van der Waals surface area (Å²) in [5.74, 6) is 1.59. The van der Waals surface area contributed by atoms with Gasteiger partial charge in [0.05, 0.1) is 35.8 Å². The third-order valence-corrected chi connectivity index (χ3v) is 11.9. The number of nitrogens with two attached hydrogens (primary N) is 1. The molecule has 0 radical (unpaired) electrons. The molecule has 4 aromatic heterocycles. The zero-order valence-corrected chi connectivity index (χ0v) is 29.3. The normalized spacial score (nSPS) is 25.3. The molecule has 2 aliphatic carbocycles. The SMILES string of the molecule is CO[C@H]1CCN(C)[C@@H]1[C@H](C)Oc1cc(-n2ccc(C(=O)N[C@H]3CCOC3)n2)nc(-c2noc3c2CCC[C@@]32CCCc3sc(N)c(C#N)c32)n1. The molecule has 0 bridgehead atoms. The lowest BCUT2D eigenvalue weighted by Gasteiger charge is -2.39. The summed E-state index contributed by atoms with van der Waals surface area (Å²) in [6.45, 7) is 4.04. The number of methoxy groups -OCH3 is 1. The van der Waals surface area contributed by atoms with E-state index in [4.69, 9.17) is 34.4 Å². The first-order chi connectivity index (χ1) is 24.3. The number of nitrogens with zero attached hydrogens (tertiary/aromatic N) is 7. The lowest BCUT2D eigenvalue weighted by Crippen LogP contribution is -2.44. The molecule has 2 saturated heterocycles. The summed E-state index contributed by atoms with van der Waals surface area (Å²) in [5.41, 5.74) is 9.18. The Morgan fingerprint density at radius 2 is 2.10 bits per heavy atom. The summed E-state index contributed by atoms with van der Waals surface area (Å²) >= 11 is 1.51. The van der Waals surface area contributed by atoms with Gasteiger partial charge in [-0.25, -0.2) is 9.67 Å². The first-order valence-electron chi connectivity index (χ1n) is 17.3. The minimum Gasteiger partial charge on any atom is -0.473 e. The summed E-state index contributed by atoms with van der Waals surface area (Å²) < 4.78 is 25.6. The highest BCUT2D eigenvalue weighted by molar-refractivity contribution is 7.16. The number of amides is 1. The van der Waals surface area contributed by atoms with Crippen molar-refractivity contribution >= 4 is 22.2 Å². The number of hydrogen-bond acceptors (Lipinski definition) is 13. The number of thiophene rings is 1. The fourth-order valence-electron chi connectivity index (χ4n) is 8.51. The highest BCUT2D eigenvalue weighted by Gasteiger charge is 2.49. The Hall–Kier alpha value is -4.36. The quantitative estimate of drug-likeness (QED) is 0.272. The topological polar surface area (TPSA) is 179 Å². The van der Waals surface area contributed by atoms with Gasteiger partial charge in [-0.2, -0.15) is 15.3 Å². The molecule has 2 aliphatic heterocycles. The van der Waals surface area contributed by atoms with Crippen molar-refractivity contribution in [3.63, 3.8) is 0 Å². The monoisotopic (exact) mass is 699 g/mol. The number of aryl methyl sites for hydroxylation is 1. The zero-order valence-electron chi connectivity index (χ0n) is 28.5. The average molecular weight is 700 g/mol. The van der Waals surface area contributed by atoms with Crippen LogP contribution >= 0.6 is 11.3 Å². The number of likely N-dealkylation sites (N-methyl/N-ethyl adjacent to an activating group) is 1. The molecule has 3 N–H and O–H groups in total. The van der Waals surface area contributed by atoms with Crippen LogP contribution in [-0.4, -0.2) is 93.9 Å². The van der Waals surface area contributed by atoms with Gasteiger partial charge in [0, 0.05) is 43.0 Å². The van der Waals surface area contributed by atoms with Crippen molar-refractivity contribution in [2.45, 2.75) is 88.0 Å². The fourth-order valence-corrected chi connectivity index (χ4v) is 9.67. The van der Waals surface area contributed by atoms with Gasteiger partial charge in [-0.1, -0.05) is 5.16 Å². The maximum absolute atomic E-state index is 13.0. The van der Waals surface area contributed by atoms with Crippen LogP contribution in [0, 0.1) is 11.3 Å². The molecule has 4 aliphatic rings. The third-order valence-electron chi connectivity index (χ3n) is 10.8. The molecular weight excluding hydrogens is 659 g/mol. The number of carbonyl (C=O) groups is 1. The van der Waals surface area contributed by atoms with Gasteiger partial charge in [0.1, 0.15) is 17.2 Å². The van der Waals surface area contributed by atoms with Gasteiger partial charge in [0.15, 0.2) is 28.8 Å². The van der Waals surface area contributed by atoms with E-state index in [0.29, 0.717) is 47.0 Å². The van der Waals surface area contributed by atoms with Gasteiger partial charge in [-0.3, -0.25) is 9.69 Å². The van der Waals surface area contributed by atoms with Crippen molar-refractivity contribution < 1.29 is 23.5 Å². The maximum atomic E-state index is 13.0. The van der Waals surface area contributed by atoms with Gasteiger partial charge >= 0.3 is 0 Å². The van der Waals surface area contributed by atoms with Gasteiger partial charge in [0.25, 0.3) is 5.91 Å². The largest absolute Gasteiger partial charge is 0.473 e. The molecule has 2 fully saturated rings. The second kappa shape index (κ2) is 13.1. The second-order valence-corrected chi connectivity index (χ2v) is 14.9. The molecule has 0 saturated carbocycles. The van der Waals surface area contributed by atoms with E-state index in [1.54, 1.807) is 30.1 Å². The van der Waals surface area contributed by atoms with Crippen LogP contribution in [0.5, 0.6) is 5.88 Å². The second-order valence-electron chi connectivity index (χ2n) is 13.8. The fraction of sp³-hybridized carbons (Fsp3) is 0.543. The van der Waals surface area contributed by atoms with Crippen LogP contribution in [0.15, 0.2) is 22.9 Å². The van der Waals surface area contributed by atoms with Crippen molar-refractivity contribution in [2.24, 2.45) is 0 Å². The van der Waals surface area contributed by atoms with Crippen LogP contribution in [0.2, 0.25) is 0 Å². The number of hydrogen-bond donors (Lipinski definition) is 2. The van der Waals surface area contributed by atoms with Crippen LogP contribution in [-0.2, 0) is 27.7 Å². The Bertz CT molecular complexity index is 1960. The summed E-state index contributed by atoms with van der Waals surface area (Å²) in [4.78, 5) is 26.3. The van der Waals surface area contributed by atoms with Crippen molar-refractivity contribution in [3.8, 4) is 29.3 Å². The van der Waals surface area contributed by atoms with E-state index >= 15 is 0 Å². The number of fused-ring (bicyclic) bond motifs is 4. The van der Waals surface area contributed by atoms with E-state index in [9.17, 15) is 10.1 Å². The Labute approximate surface area is 293 Å². The van der Waals surface area contributed by atoms with Crippen LogP contribution in [0.1, 0.15) is 83.3 Å². The average Bonchev–Trinajstić information content (AvgIpc) is 3.95. The number of likely N-dealkylation sites (tertiary alicyclic amines) is 1. The van der Waals surface area contributed by atoms with E-state index in [-0.39, 0.29) is 35.9 Å². The molecule has 262 valence electrons. The predicted molar refractivity (Wildman–Crippen MR) is 183 cm³/mol. The van der Waals surface area contributed by atoms with Gasteiger partial charge < -0.3 is 29.8 Å². The number of anilines is 1. The molecule has 14 nitrogen and oxygen atoms in total. The van der Waals surface area contributed by atoms with Gasteiger partial charge in [-0.05, 0) is 77.0 Å². The van der Waals surface area contributed by atoms with E-state index < -0.39 is 5.41 Å². The van der Waals surface area contributed by atoms with Crippen LogP contribution < -0.4 is 15.8 Å². The maximum Gasteiger partial charge on any atom is 0.272 e.